The number of hydrogen-bond donors (Lipinski definition) is 1. The topological polar surface area (TPSA) is 138 Å². The first-order valence-corrected chi connectivity index (χ1v) is 7.74. The van der Waals surface area contributed by atoms with Crippen LogP contribution in [0, 0.1) is 0 Å². The number of Topliss-reactive ketones (excluding diaryl/α,β-unsaturated/α-hetero) is 1. The standard InChI is InChI=1S/C17H14N6O4/c1-8(24)12(9(2)25)7-18-10-4-5-13(27-3)11(6-10)15-19-16-14(17(26)20-15)21-23-22-16/h4-7,24H,1-3H3. The number of ether oxygens (including phenoxy) is 1. The lowest BCUT2D eigenvalue weighted by Gasteiger charge is -2.11. The molecule has 10 heteroatoms. The quantitative estimate of drug-likeness (QED) is 0.485. The van der Waals surface area contributed by atoms with Crippen molar-refractivity contribution in [3.63, 3.8) is 0 Å². The largest absolute Gasteiger partial charge is 0.512 e. The fraction of sp³-hybridized carbons (Fsp3) is 0.176. The van der Waals surface area contributed by atoms with Crippen LogP contribution in [-0.2, 0) is 9.59 Å². The fourth-order valence-electron chi connectivity index (χ4n) is 2.34. The summed E-state index contributed by atoms with van der Waals surface area (Å²) in [7, 11) is 1.47. The van der Waals surface area contributed by atoms with Crippen LogP contribution in [-0.4, -0.2) is 47.5 Å². The van der Waals surface area contributed by atoms with Gasteiger partial charge in [-0.3, -0.25) is 14.6 Å². The number of amides is 1. The molecule has 2 heterocycles. The maximum Gasteiger partial charge on any atom is 0.303 e. The van der Waals surface area contributed by atoms with Gasteiger partial charge in [-0.2, -0.15) is 4.99 Å². The van der Waals surface area contributed by atoms with Crippen LogP contribution in [0.5, 0.6) is 5.75 Å². The smallest absolute Gasteiger partial charge is 0.303 e. The molecule has 2 aliphatic heterocycles. The molecular weight excluding hydrogens is 352 g/mol. The molecule has 0 atom stereocenters. The second-order valence-corrected chi connectivity index (χ2v) is 5.51. The summed E-state index contributed by atoms with van der Waals surface area (Å²) in [5.74, 6) is -0.468. The predicted octanol–water partition coefficient (Wildman–Crippen LogP) is 2.33. The van der Waals surface area contributed by atoms with Crippen LogP contribution in [0.15, 0.2) is 59.9 Å². The molecule has 1 aromatic rings. The Kier molecular flexibility index (Phi) is 4.79. The van der Waals surface area contributed by atoms with E-state index in [0.29, 0.717) is 17.0 Å². The molecule has 27 heavy (non-hydrogen) atoms. The third-order valence-corrected chi connectivity index (χ3v) is 3.65. The Hall–Kier alpha value is -3.82. The highest BCUT2D eigenvalue weighted by atomic mass is 16.5. The second kappa shape index (κ2) is 7.20. The van der Waals surface area contributed by atoms with Gasteiger partial charge in [-0.1, -0.05) is 0 Å². The van der Waals surface area contributed by atoms with Gasteiger partial charge in [0, 0.05) is 6.21 Å². The molecule has 2 aliphatic rings. The lowest BCUT2D eigenvalue weighted by molar-refractivity contribution is -0.113. The summed E-state index contributed by atoms with van der Waals surface area (Å²) in [5, 5.41) is 20.2. The number of carbonyl (C=O) groups excluding carboxylic acids is 2. The summed E-state index contributed by atoms with van der Waals surface area (Å²) in [5.41, 5.74) is 0.920. The molecule has 0 radical (unpaired) electrons. The lowest BCUT2D eigenvalue weighted by Crippen LogP contribution is -2.26. The van der Waals surface area contributed by atoms with Crippen LogP contribution in [0.25, 0.3) is 0 Å². The number of aliphatic imine (C=N–C) groups is 3. The van der Waals surface area contributed by atoms with Crippen molar-refractivity contribution < 1.29 is 19.4 Å². The van der Waals surface area contributed by atoms with Crippen molar-refractivity contribution >= 4 is 41.0 Å². The number of methoxy groups -OCH3 is 1. The van der Waals surface area contributed by atoms with Gasteiger partial charge < -0.3 is 9.84 Å². The fourth-order valence-corrected chi connectivity index (χ4v) is 2.34. The Morgan fingerprint density at radius 2 is 2.00 bits per heavy atom. The highest BCUT2D eigenvalue weighted by Gasteiger charge is 2.29. The average Bonchev–Trinajstić information content (AvgIpc) is 3.10. The zero-order chi connectivity index (χ0) is 19.6. The number of amidine groups is 2. The van der Waals surface area contributed by atoms with E-state index in [1.807, 2.05) is 0 Å². The minimum absolute atomic E-state index is 0.0125. The van der Waals surface area contributed by atoms with Gasteiger partial charge in [-0.25, -0.2) is 4.99 Å². The van der Waals surface area contributed by atoms with Crippen molar-refractivity contribution in [2.24, 2.45) is 30.4 Å². The molecule has 3 rings (SSSR count). The number of carbonyl (C=O) groups is 2. The normalized spacial score (nSPS) is 16.6. The Morgan fingerprint density at radius 1 is 1.22 bits per heavy atom. The molecule has 0 saturated heterocycles. The van der Waals surface area contributed by atoms with Gasteiger partial charge in [0.25, 0.3) is 0 Å². The van der Waals surface area contributed by atoms with E-state index in [4.69, 9.17) is 4.74 Å². The van der Waals surface area contributed by atoms with Crippen LogP contribution in [0.4, 0.5) is 5.69 Å². The van der Waals surface area contributed by atoms with E-state index < -0.39 is 5.91 Å². The molecule has 1 N–H and O–H groups in total. The Balaban J connectivity index is 2.02. The Labute approximate surface area is 153 Å². The Bertz CT molecular complexity index is 1030. The van der Waals surface area contributed by atoms with Gasteiger partial charge in [0.2, 0.25) is 11.5 Å². The van der Waals surface area contributed by atoms with E-state index in [1.54, 1.807) is 18.2 Å². The number of nitrogens with zero attached hydrogens (tertiary/aromatic N) is 6. The number of ketones is 1. The molecule has 0 aromatic heterocycles. The molecule has 136 valence electrons. The van der Waals surface area contributed by atoms with Crippen LogP contribution >= 0.6 is 0 Å². The summed E-state index contributed by atoms with van der Waals surface area (Å²) >= 11 is 0. The summed E-state index contributed by atoms with van der Waals surface area (Å²) in [6.07, 6.45) is 1.26. The maximum atomic E-state index is 12.0. The van der Waals surface area contributed by atoms with Gasteiger partial charge in [-0.15, -0.1) is 10.2 Å². The third-order valence-electron chi connectivity index (χ3n) is 3.65. The Morgan fingerprint density at radius 3 is 2.67 bits per heavy atom. The highest BCUT2D eigenvalue weighted by molar-refractivity contribution is 6.69. The molecule has 0 bridgehead atoms. The van der Waals surface area contributed by atoms with Crippen molar-refractivity contribution in [3.8, 4) is 5.75 Å². The summed E-state index contributed by atoms with van der Waals surface area (Å²) in [4.78, 5) is 35.9. The highest BCUT2D eigenvalue weighted by Crippen LogP contribution is 2.27. The lowest BCUT2D eigenvalue weighted by atomic mass is 10.1. The molecule has 0 spiro atoms. The minimum atomic E-state index is -0.603. The molecule has 10 nitrogen and oxygen atoms in total. The monoisotopic (exact) mass is 366 g/mol. The maximum absolute atomic E-state index is 12.0. The van der Waals surface area contributed by atoms with Gasteiger partial charge in [-0.05, 0) is 37.3 Å². The van der Waals surface area contributed by atoms with E-state index in [-0.39, 0.29) is 34.5 Å². The van der Waals surface area contributed by atoms with E-state index in [9.17, 15) is 14.7 Å². The molecular formula is C17H14N6O4. The third kappa shape index (κ3) is 3.59. The number of aliphatic hydroxyl groups is 1. The first-order chi connectivity index (χ1) is 12.9. The van der Waals surface area contributed by atoms with Gasteiger partial charge in [0.1, 0.15) is 11.5 Å². The number of hydrogen-bond acceptors (Lipinski definition) is 9. The first-order valence-electron chi connectivity index (χ1n) is 7.74. The molecule has 1 aromatic carbocycles. The van der Waals surface area contributed by atoms with Crippen molar-refractivity contribution in [2.45, 2.75) is 13.8 Å². The van der Waals surface area contributed by atoms with Crippen LogP contribution in [0.2, 0.25) is 0 Å². The summed E-state index contributed by atoms with van der Waals surface area (Å²) < 4.78 is 5.30. The minimum Gasteiger partial charge on any atom is -0.512 e. The average molecular weight is 366 g/mol. The number of rotatable bonds is 5. The van der Waals surface area contributed by atoms with Gasteiger partial charge >= 0.3 is 5.91 Å². The van der Waals surface area contributed by atoms with E-state index >= 15 is 0 Å². The second-order valence-electron chi connectivity index (χ2n) is 5.51. The van der Waals surface area contributed by atoms with Crippen molar-refractivity contribution in [2.75, 3.05) is 7.11 Å². The predicted molar refractivity (Wildman–Crippen MR) is 98.4 cm³/mol. The molecule has 0 saturated carbocycles. The number of fused-ring (bicyclic) bond motifs is 1. The van der Waals surface area contributed by atoms with Crippen molar-refractivity contribution in [3.05, 3.63) is 35.1 Å². The van der Waals surface area contributed by atoms with Crippen molar-refractivity contribution in [1.29, 1.82) is 0 Å². The molecule has 0 unspecified atom stereocenters. The number of benzene rings is 1. The van der Waals surface area contributed by atoms with Crippen LogP contribution in [0.3, 0.4) is 0 Å². The SMILES string of the molecule is COc1ccc(N=CC(C(C)=O)=C(C)O)cc1C1=NC(=O)C2=NN=NC2=N1. The summed E-state index contributed by atoms with van der Waals surface area (Å²) in [6, 6.07) is 4.85. The van der Waals surface area contributed by atoms with Crippen LogP contribution in [0.1, 0.15) is 19.4 Å². The van der Waals surface area contributed by atoms with Gasteiger partial charge in [0.05, 0.1) is 23.9 Å². The zero-order valence-electron chi connectivity index (χ0n) is 14.7. The molecule has 1 amide bonds. The summed E-state index contributed by atoms with van der Waals surface area (Å²) in [6.45, 7) is 2.73. The molecule has 0 aliphatic carbocycles. The van der Waals surface area contributed by atoms with E-state index in [1.165, 1.54) is 27.2 Å². The van der Waals surface area contributed by atoms with E-state index in [2.05, 4.69) is 30.4 Å². The molecule has 0 fully saturated rings. The number of allylic oxidation sites excluding steroid dienone is 2. The zero-order valence-corrected chi connectivity index (χ0v) is 14.7. The van der Waals surface area contributed by atoms with E-state index in [0.717, 1.165) is 0 Å². The van der Waals surface area contributed by atoms with Gasteiger partial charge in [0.15, 0.2) is 11.6 Å². The number of aliphatic hydroxyl groups excluding tert-OH is 1. The van der Waals surface area contributed by atoms with Crippen molar-refractivity contribution in [1.82, 2.24) is 0 Å². The first kappa shape index (κ1) is 18.0. The van der Waals surface area contributed by atoms with Crippen LogP contribution < -0.4 is 4.74 Å².